The van der Waals surface area contributed by atoms with Crippen molar-refractivity contribution in [2.24, 2.45) is 5.92 Å². The van der Waals surface area contributed by atoms with Crippen LogP contribution in [0.1, 0.15) is 31.7 Å². The molecule has 3 rings (SSSR count). The fourth-order valence-corrected chi connectivity index (χ4v) is 4.52. The van der Waals surface area contributed by atoms with E-state index in [0.717, 1.165) is 37.3 Å². The average molecular weight is 317 g/mol. The van der Waals surface area contributed by atoms with Gasteiger partial charge in [0.2, 0.25) is 0 Å². The minimum absolute atomic E-state index is 0.0255. The van der Waals surface area contributed by atoms with Crippen molar-refractivity contribution in [3.05, 3.63) is 35.5 Å². The lowest BCUT2D eigenvalue weighted by Gasteiger charge is -2.44. The molecule has 3 atom stereocenters. The van der Waals surface area contributed by atoms with Crippen molar-refractivity contribution in [3.63, 3.8) is 0 Å². The van der Waals surface area contributed by atoms with Crippen molar-refractivity contribution in [2.45, 2.75) is 37.7 Å². The van der Waals surface area contributed by atoms with Gasteiger partial charge in [-0.3, -0.25) is 0 Å². The lowest BCUT2D eigenvalue weighted by Crippen LogP contribution is -2.41. The summed E-state index contributed by atoms with van der Waals surface area (Å²) in [5, 5.41) is 10.3. The zero-order valence-corrected chi connectivity index (χ0v) is 14.5. The van der Waals surface area contributed by atoms with E-state index in [1.54, 1.807) is 14.2 Å². The number of benzene rings is 1. The third-order valence-electron chi connectivity index (χ3n) is 5.67. The number of methoxy groups -OCH3 is 2. The third-order valence-corrected chi connectivity index (χ3v) is 5.67. The van der Waals surface area contributed by atoms with Crippen LogP contribution in [0.3, 0.4) is 0 Å². The summed E-state index contributed by atoms with van der Waals surface area (Å²) in [6.45, 7) is 3.24. The summed E-state index contributed by atoms with van der Waals surface area (Å²) in [6.07, 6.45) is 4.66. The maximum Gasteiger partial charge on any atom is 0.161 e. The molecule has 0 unspecified atom stereocenters. The van der Waals surface area contributed by atoms with Crippen molar-refractivity contribution < 1.29 is 14.6 Å². The number of nitrogens with zero attached hydrogens (tertiary/aromatic N) is 1. The number of ether oxygens (including phenoxy) is 2. The molecule has 0 radical (unpaired) electrons. The summed E-state index contributed by atoms with van der Waals surface area (Å²) in [5.74, 6) is 1.96. The second kappa shape index (κ2) is 6.08. The van der Waals surface area contributed by atoms with Gasteiger partial charge in [-0.25, -0.2) is 0 Å². The fourth-order valence-electron chi connectivity index (χ4n) is 4.52. The maximum atomic E-state index is 10.3. The molecular weight excluding hydrogens is 290 g/mol. The Hall–Kier alpha value is -1.68. The van der Waals surface area contributed by atoms with Gasteiger partial charge in [-0.2, -0.15) is 0 Å². The molecule has 4 nitrogen and oxygen atoms in total. The lowest BCUT2D eigenvalue weighted by atomic mass is 9.62. The van der Waals surface area contributed by atoms with Gasteiger partial charge in [0.05, 0.1) is 20.3 Å². The molecule has 23 heavy (non-hydrogen) atoms. The first kappa shape index (κ1) is 16.2. The van der Waals surface area contributed by atoms with Crippen LogP contribution in [0.15, 0.2) is 30.0 Å². The van der Waals surface area contributed by atoms with E-state index < -0.39 is 0 Å². The first-order chi connectivity index (χ1) is 11.1. The number of likely N-dealkylation sites (N-methyl/N-ethyl adjacent to an activating group) is 1. The molecule has 0 bridgehead atoms. The van der Waals surface area contributed by atoms with Crippen LogP contribution in [-0.4, -0.2) is 43.9 Å². The maximum absolute atomic E-state index is 10.3. The first-order valence-electron chi connectivity index (χ1n) is 8.40. The van der Waals surface area contributed by atoms with Crippen molar-refractivity contribution in [1.82, 2.24) is 4.90 Å². The van der Waals surface area contributed by atoms with Gasteiger partial charge in [0.15, 0.2) is 11.5 Å². The number of aliphatic hydroxyl groups is 1. The molecular formula is C19H27NO3. The summed E-state index contributed by atoms with van der Waals surface area (Å²) in [6, 6.07) is 6.28. The summed E-state index contributed by atoms with van der Waals surface area (Å²) < 4.78 is 10.9. The molecule has 1 aromatic rings. The van der Waals surface area contributed by atoms with E-state index in [4.69, 9.17) is 9.47 Å². The molecule has 0 amide bonds. The van der Waals surface area contributed by atoms with Crippen LogP contribution in [0.4, 0.5) is 0 Å². The van der Waals surface area contributed by atoms with Crippen LogP contribution < -0.4 is 9.47 Å². The summed E-state index contributed by atoms with van der Waals surface area (Å²) in [4.78, 5) is 2.29. The number of fused-ring (bicyclic) bond motifs is 1. The Morgan fingerprint density at radius 3 is 2.65 bits per heavy atom. The Morgan fingerprint density at radius 1 is 1.26 bits per heavy atom. The van der Waals surface area contributed by atoms with Crippen LogP contribution in [0.2, 0.25) is 0 Å². The van der Waals surface area contributed by atoms with Gasteiger partial charge < -0.3 is 19.5 Å². The van der Waals surface area contributed by atoms with E-state index in [1.165, 1.54) is 11.3 Å². The van der Waals surface area contributed by atoms with E-state index in [0.29, 0.717) is 5.92 Å². The van der Waals surface area contributed by atoms with Gasteiger partial charge in [-0.1, -0.05) is 19.4 Å². The Bertz CT molecular complexity index is 613. The molecule has 1 saturated heterocycles. The van der Waals surface area contributed by atoms with Crippen molar-refractivity contribution in [3.8, 4) is 11.5 Å². The number of aliphatic hydroxyl groups excluding tert-OH is 1. The third kappa shape index (κ3) is 2.40. The Balaban J connectivity index is 2.15. The van der Waals surface area contributed by atoms with Gasteiger partial charge in [0, 0.05) is 24.7 Å². The topological polar surface area (TPSA) is 41.9 Å². The second-order valence-electron chi connectivity index (χ2n) is 6.67. The van der Waals surface area contributed by atoms with E-state index in [9.17, 15) is 5.11 Å². The molecule has 126 valence electrons. The van der Waals surface area contributed by atoms with Crippen LogP contribution in [0, 0.1) is 5.92 Å². The minimum atomic E-state index is -0.344. The molecule has 1 heterocycles. The van der Waals surface area contributed by atoms with E-state index in [1.807, 2.05) is 6.07 Å². The molecule has 4 heteroatoms. The standard InChI is InChI=1S/C19H27NO3/c1-5-13-10-15(21)12-18-19(13,8-9-20(18)2)14-6-7-16(22-3)17(11-14)23-4/h6-7,11-13,15,21H,5,8-10H2,1-4H3/t13-,15-,19+/m0/s1. The number of hydrogen-bond acceptors (Lipinski definition) is 4. The van der Waals surface area contributed by atoms with Gasteiger partial charge in [-0.15, -0.1) is 0 Å². The largest absolute Gasteiger partial charge is 0.493 e. The van der Waals surface area contributed by atoms with Gasteiger partial charge in [0.1, 0.15) is 0 Å². The van der Waals surface area contributed by atoms with E-state index >= 15 is 0 Å². The van der Waals surface area contributed by atoms with Crippen molar-refractivity contribution >= 4 is 0 Å². The predicted molar refractivity (Wildman–Crippen MR) is 91.0 cm³/mol. The van der Waals surface area contributed by atoms with Gasteiger partial charge in [-0.05, 0) is 42.5 Å². The summed E-state index contributed by atoms with van der Waals surface area (Å²) in [7, 11) is 5.47. The monoisotopic (exact) mass is 317 g/mol. The molecule has 1 N–H and O–H groups in total. The molecule has 1 aromatic carbocycles. The number of rotatable bonds is 4. The normalized spacial score (nSPS) is 30.0. The second-order valence-corrected chi connectivity index (χ2v) is 6.67. The summed E-state index contributed by atoms with van der Waals surface area (Å²) in [5.41, 5.74) is 2.50. The Morgan fingerprint density at radius 2 is 2.00 bits per heavy atom. The SMILES string of the molecule is CC[C@H]1C[C@H](O)C=C2N(C)CC[C@@]21c1ccc(OC)c(OC)c1. The highest BCUT2D eigenvalue weighted by Gasteiger charge is 2.50. The molecule has 0 saturated carbocycles. The van der Waals surface area contributed by atoms with Crippen molar-refractivity contribution in [2.75, 3.05) is 27.8 Å². The van der Waals surface area contributed by atoms with Gasteiger partial charge >= 0.3 is 0 Å². The smallest absolute Gasteiger partial charge is 0.161 e. The molecule has 1 aliphatic heterocycles. The van der Waals surface area contributed by atoms with E-state index in [2.05, 4.69) is 37.1 Å². The average Bonchev–Trinajstić information content (AvgIpc) is 2.91. The van der Waals surface area contributed by atoms with Gasteiger partial charge in [0.25, 0.3) is 0 Å². The summed E-state index contributed by atoms with van der Waals surface area (Å²) >= 11 is 0. The highest BCUT2D eigenvalue weighted by Crippen LogP contribution is 2.54. The predicted octanol–water partition coefficient (Wildman–Crippen LogP) is 2.95. The van der Waals surface area contributed by atoms with Crippen LogP contribution >= 0.6 is 0 Å². The van der Waals surface area contributed by atoms with E-state index in [-0.39, 0.29) is 11.5 Å². The highest BCUT2D eigenvalue weighted by atomic mass is 16.5. The van der Waals surface area contributed by atoms with Crippen molar-refractivity contribution in [1.29, 1.82) is 0 Å². The zero-order chi connectivity index (χ0) is 16.6. The number of allylic oxidation sites excluding steroid dienone is 1. The Kier molecular flexibility index (Phi) is 4.28. The van der Waals surface area contributed by atoms with Crippen LogP contribution in [0.25, 0.3) is 0 Å². The Labute approximate surface area is 138 Å². The molecule has 1 aliphatic carbocycles. The van der Waals surface area contributed by atoms with Crippen LogP contribution in [-0.2, 0) is 5.41 Å². The quantitative estimate of drug-likeness (QED) is 0.927. The fraction of sp³-hybridized carbons (Fsp3) is 0.579. The lowest BCUT2D eigenvalue weighted by molar-refractivity contribution is 0.134. The number of likely N-dealkylation sites (tertiary alicyclic amines) is 1. The number of hydrogen-bond donors (Lipinski definition) is 1. The van der Waals surface area contributed by atoms with Crippen LogP contribution in [0.5, 0.6) is 11.5 Å². The molecule has 1 fully saturated rings. The molecule has 0 aromatic heterocycles. The first-order valence-corrected chi connectivity index (χ1v) is 8.40. The highest BCUT2D eigenvalue weighted by molar-refractivity contribution is 5.50. The molecule has 2 aliphatic rings. The molecule has 0 spiro atoms. The zero-order valence-electron chi connectivity index (χ0n) is 14.5. The minimum Gasteiger partial charge on any atom is -0.493 e.